The topological polar surface area (TPSA) is 32.0 Å². The van der Waals surface area contributed by atoms with E-state index in [2.05, 4.69) is 133 Å². The predicted molar refractivity (Wildman–Crippen MR) is 189 cm³/mol. The monoisotopic (exact) mass is 795 g/mol. The molecule has 0 saturated carbocycles. The molecule has 0 aliphatic rings. The summed E-state index contributed by atoms with van der Waals surface area (Å²) >= 11 is 0. The quantitative estimate of drug-likeness (QED) is 0.163. The van der Waals surface area contributed by atoms with Crippen molar-refractivity contribution in [3.8, 4) is 34.0 Å². The summed E-state index contributed by atoms with van der Waals surface area (Å²) in [6, 6.07) is 39.9. The van der Waals surface area contributed by atoms with Crippen molar-refractivity contribution in [1.82, 2.24) is 14.3 Å². The number of aromatic nitrogens is 3. The number of nitrogens with zero attached hydrogens (tertiary/aromatic N) is 3. The predicted octanol–water partition coefficient (Wildman–Crippen LogP) is 10.7. The maximum Gasteiger partial charge on any atom is 0.0678 e. The maximum atomic E-state index is 6.45. The molecule has 4 nitrogen and oxygen atoms in total. The minimum Gasteiger partial charge on any atom is -0.509 e. The van der Waals surface area contributed by atoms with Crippen molar-refractivity contribution in [2.45, 2.75) is 60.8 Å². The van der Waals surface area contributed by atoms with Gasteiger partial charge in [0.15, 0.2) is 0 Å². The smallest absolute Gasteiger partial charge is 0.0678 e. The van der Waals surface area contributed by atoms with Crippen molar-refractivity contribution in [3.63, 3.8) is 0 Å². The van der Waals surface area contributed by atoms with Gasteiger partial charge in [0.2, 0.25) is 0 Å². The van der Waals surface area contributed by atoms with Crippen molar-refractivity contribution >= 4 is 21.8 Å². The normalized spacial score (nSPS) is 11.7. The van der Waals surface area contributed by atoms with Crippen LogP contribution in [-0.2, 0) is 26.5 Å². The number of aryl methyl sites for hydroxylation is 4. The van der Waals surface area contributed by atoms with Gasteiger partial charge in [-0.1, -0.05) is 67.9 Å². The summed E-state index contributed by atoms with van der Waals surface area (Å²) in [7, 11) is 0. The Bertz CT molecular complexity index is 2260. The molecule has 240 valence electrons. The molecule has 7 aromatic rings. The molecule has 0 aliphatic heterocycles. The Labute approximate surface area is 292 Å². The first-order valence-electron chi connectivity index (χ1n) is 15.8. The SMILES string of the molecule is Cc1cc(C)c(-c2c(C)nn(-c3[c-]c(Oc4[c-]c5c(cc4)c4ccccc4n5-c4[c-]ccc(C(C)(C)C)c4)ccc3)c2C)c(C)c1.[Pt]. The van der Waals surface area contributed by atoms with E-state index in [0.717, 1.165) is 39.2 Å². The fraction of sp³-hybridized carbons (Fsp3) is 0.214. The third-order valence-electron chi connectivity index (χ3n) is 8.87. The van der Waals surface area contributed by atoms with E-state index >= 15 is 0 Å². The fourth-order valence-corrected chi connectivity index (χ4v) is 6.78. The Balaban J connectivity index is 0.00000386. The van der Waals surface area contributed by atoms with Crippen LogP contribution in [0.4, 0.5) is 0 Å². The molecule has 0 saturated heterocycles. The van der Waals surface area contributed by atoms with Gasteiger partial charge in [-0.2, -0.15) is 41.0 Å². The fourth-order valence-electron chi connectivity index (χ4n) is 6.78. The van der Waals surface area contributed by atoms with Gasteiger partial charge in [0.05, 0.1) is 5.69 Å². The van der Waals surface area contributed by atoms with Crippen LogP contribution in [-0.4, -0.2) is 14.3 Å². The van der Waals surface area contributed by atoms with Gasteiger partial charge in [-0.15, -0.1) is 41.8 Å². The largest absolute Gasteiger partial charge is 0.509 e. The summed E-state index contributed by atoms with van der Waals surface area (Å²) in [6.07, 6.45) is 0. The molecule has 0 N–H and O–H groups in total. The Morgan fingerprint density at radius 2 is 1.43 bits per heavy atom. The molecule has 0 spiro atoms. The van der Waals surface area contributed by atoms with Gasteiger partial charge in [0, 0.05) is 49.3 Å². The Morgan fingerprint density at radius 1 is 0.702 bits per heavy atom. The molecular weight excluding hydrogens is 758 g/mol. The summed E-state index contributed by atoms with van der Waals surface area (Å²) < 4.78 is 10.7. The van der Waals surface area contributed by atoms with Gasteiger partial charge in [-0.25, -0.2) is 0 Å². The van der Waals surface area contributed by atoms with E-state index in [4.69, 9.17) is 9.84 Å². The van der Waals surface area contributed by atoms with Crippen molar-refractivity contribution in [2.24, 2.45) is 0 Å². The average molecular weight is 796 g/mol. The molecule has 0 aliphatic carbocycles. The van der Waals surface area contributed by atoms with Crippen LogP contribution in [0.2, 0.25) is 0 Å². The summed E-state index contributed by atoms with van der Waals surface area (Å²) in [6.45, 7) is 17.4. The zero-order valence-corrected chi connectivity index (χ0v) is 30.4. The molecule has 0 radical (unpaired) electrons. The van der Waals surface area contributed by atoms with Crippen LogP contribution >= 0.6 is 0 Å². The summed E-state index contributed by atoms with van der Waals surface area (Å²) in [5, 5.41) is 7.25. The first kappa shape index (κ1) is 32.5. The van der Waals surface area contributed by atoms with Gasteiger partial charge in [0.25, 0.3) is 0 Å². The van der Waals surface area contributed by atoms with Crippen LogP contribution in [0.15, 0.2) is 84.9 Å². The van der Waals surface area contributed by atoms with Gasteiger partial charge in [-0.05, 0) is 73.9 Å². The van der Waals surface area contributed by atoms with E-state index in [0.29, 0.717) is 11.5 Å². The standard InChI is InChI=1S/C42H38N3O.Pt/c1-26-21-27(2)40(28(3)22-26)41-29(4)43-45(30(41)5)33-15-12-16-34(24-33)46-35-19-20-37-36-17-9-10-18-38(36)44(39(37)25-35)32-14-11-13-31(23-32)42(6,7)8;/h9-13,15-23H,1-8H3;/q-3;. The minimum absolute atomic E-state index is 0. The number of para-hydroxylation sites is 1. The van der Waals surface area contributed by atoms with Gasteiger partial charge < -0.3 is 9.30 Å². The summed E-state index contributed by atoms with van der Waals surface area (Å²) in [5.74, 6) is 1.23. The number of hydrogen-bond acceptors (Lipinski definition) is 2. The van der Waals surface area contributed by atoms with Crippen molar-refractivity contribution < 1.29 is 25.8 Å². The Kier molecular flexibility index (Phi) is 8.53. The van der Waals surface area contributed by atoms with Gasteiger partial charge >= 0.3 is 0 Å². The first-order chi connectivity index (χ1) is 22.0. The van der Waals surface area contributed by atoms with Crippen LogP contribution in [0.3, 0.4) is 0 Å². The third-order valence-corrected chi connectivity index (χ3v) is 8.87. The zero-order valence-electron chi connectivity index (χ0n) is 28.1. The minimum atomic E-state index is 0. The molecule has 0 amide bonds. The van der Waals surface area contributed by atoms with Crippen molar-refractivity contribution in [3.05, 3.63) is 137 Å². The van der Waals surface area contributed by atoms with E-state index < -0.39 is 0 Å². The second kappa shape index (κ2) is 12.3. The van der Waals surface area contributed by atoms with Crippen LogP contribution in [0, 0.1) is 52.8 Å². The van der Waals surface area contributed by atoms with E-state index in [9.17, 15) is 0 Å². The molecule has 2 aromatic heterocycles. The van der Waals surface area contributed by atoms with Gasteiger partial charge in [-0.3, -0.25) is 4.68 Å². The van der Waals surface area contributed by atoms with Crippen LogP contribution in [0.25, 0.3) is 44.3 Å². The second-order valence-electron chi connectivity index (χ2n) is 13.4. The number of hydrogen-bond donors (Lipinski definition) is 0. The molecular formula is C42H38N3OPt-3. The third kappa shape index (κ3) is 5.85. The molecule has 2 heterocycles. The summed E-state index contributed by atoms with van der Waals surface area (Å²) in [4.78, 5) is 0. The van der Waals surface area contributed by atoms with E-state index in [-0.39, 0.29) is 26.5 Å². The number of ether oxygens (including phenoxy) is 1. The molecule has 0 bridgehead atoms. The van der Waals surface area contributed by atoms with Crippen LogP contribution < -0.4 is 4.74 Å². The summed E-state index contributed by atoms with van der Waals surface area (Å²) in [5.41, 5.74) is 13.4. The van der Waals surface area contributed by atoms with Crippen LogP contribution in [0.1, 0.15) is 54.4 Å². The second-order valence-corrected chi connectivity index (χ2v) is 13.4. The average Bonchev–Trinajstić information content (AvgIpc) is 3.49. The van der Waals surface area contributed by atoms with Crippen LogP contribution in [0.5, 0.6) is 11.5 Å². The first-order valence-corrected chi connectivity index (χ1v) is 15.8. The van der Waals surface area contributed by atoms with E-state index in [1.54, 1.807) is 0 Å². The van der Waals surface area contributed by atoms with Crippen molar-refractivity contribution in [1.29, 1.82) is 0 Å². The van der Waals surface area contributed by atoms with Gasteiger partial charge in [0.1, 0.15) is 0 Å². The van der Waals surface area contributed by atoms with Crippen molar-refractivity contribution in [2.75, 3.05) is 0 Å². The van der Waals surface area contributed by atoms with E-state index in [1.165, 1.54) is 38.8 Å². The zero-order chi connectivity index (χ0) is 32.3. The number of fused-ring (bicyclic) bond motifs is 3. The molecule has 47 heavy (non-hydrogen) atoms. The number of rotatable bonds is 5. The molecule has 0 atom stereocenters. The Morgan fingerprint density at radius 3 is 2.17 bits per heavy atom. The maximum absolute atomic E-state index is 6.45. The molecule has 5 aromatic carbocycles. The van der Waals surface area contributed by atoms with E-state index in [1.807, 2.05) is 35.0 Å². The number of benzene rings is 5. The molecule has 0 fully saturated rings. The molecule has 5 heteroatoms. The molecule has 7 rings (SSSR count). The Hall–Kier alpha value is -4.40. The molecule has 0 unspecified atom stereocenters.